The summed E-state index contributed by atoms with van der Waals surface area (Å²) in [4.78, 5) is 10.2. The molecule has 0 bridgehead atoms. The first kappa shape index (κ1) is 12.9. The fourth-order valence-corrected chi connectivity index (χ4v) is 1.11. The maximum Gasteiger partial charge on any atom is 0.416 e. The van der Waals surface area contributed by atoms with E-state index in [0.29, 0.717) is 24.3 Å². The number of hydrogen-bond acceptors (Lipinski definition) is 1. The highest BCUT2D eigenvalue weighted by atomic mass is 35.5. The van der Waals surface area contributed by atoms with Crippen molar-refractivity contribution < 1.29 is 26.7 Å². The number of halogens is 6. The van der Waals surface area contributed by atoms with Gasteiger partial charge in [-0.05, 0) is 12.1 Å². The highest BCUT2D eigenvalue weighted by Gasteiger charge is 2.39. The first-order valence-corrected chi connectivity index (χ1v) is 4.29. The minimum absolute atomic E-state index is 0.509. The molecule has 0 aliphatic heterocycles. The van der Waals surface area contributed by atoms with Crippen LogP contribution in [0.25, 0.3) is 0 Å². The van der Waals surface area contributed by atoms with Crippen molar-refractivity contribution in [2.45, 2.75) is 11.3 Å². The van der Waals surface area contributed by atoms with E-state index in [0.717, 1.165) is 0 Å². The molecule has 1 rings (SSSR count). The minimum Gasteiger partial charge on any atom is -0.255 e. The third-order valence-corrected chi connectivity index (χ3v) is 2.19. The lowest BCUT2D eigenvalue weighted by atomic mass is 10.1. The molecule has 88 valence electrons. The van der Waals surface area contributed by atoms with E-state index >= 15 is 0 Å². The van der Waals surface area contributed by atoms with Crippen LogP contribution in [0.1, 0.15) is 11.1 Å². The molecule has 1 nitrogen and oxygen atoms in total. The van der Waals surface area contributed by atoms with Gasteiger partial charge >= 0.3 is 12.2 Å². The van der Waals surface area contributed by atoms with E-state index in [4.69, 9.17) is 11.6 Å². The molecule has 0 aromatic heterocycles. The average molecular weight is 259 g/mol. The number of alkyl halides is 5. The second kappa shape index (κ2) is 4.01. The molecule has 0 spiro atoms. The lowest BCUT2D eigenvalue weighted by Gasteiger charge is -2.13. The predicted octanol–water partition coefficient (Wildman–Crippen LogP) is 3.56. The van der Waals surface area contributed by atoms with Gasteiger partial charge in [0, 0.05) is 5.56 Å². The Hall–Kier alpha value is -1.17. The van der Waals surface area contributed by atoms with Crippen molar-refractivity contribution in [1.82, 2.24) is 0 Å². The summed E-state index contributed by atoms with van der Waals surface area (Å²) in [6, 6.07) is -0.251. The van der Waals surface area contributed by atoms with Crippen LogP contribution < -0.4 is 0 Å². The second-order valence-corrected chi connectivity index (χ2v) is 3.44. The molecule has 0 saturated carbocycles. The van der Waals surface area contributed by atoms with Gasteiger partial charge in [-0.3, -0.25) is 4.79 Å². The standard InChI is InChI=1S/C9H4ClF5O/c10-8(12,7(11)16)5-1-3-6(4-2-5)9(13,14)15/h1-4H. The summed E-state index contributed by atoms with van der Waals surface area (Å²) in [5.41, 5.74) is -1.73. The van der Waals surface area contributed by atoms with Gasteiger partial charge in [0.25, 0.3) is 5.13 Å². The van der Waals surface area contributed by atoms with Gasteiger partial charge in [-0.2, -0.15) is 17.6 Å². The Morgan fingerprint density at radius 2 is 1.38 bits per heavy atom. The van der Waals surface area contributed by atoms with Gasteiger partial charge in [0.05, 0.1) is 5.56 Å². The van der Waals surface area contributed by atoms with Crippen LogP contribution in [0.2, 0.25) is 0 Å². The Labute approximate surface area is 91.8 Å². The van der Waals surface area contributed by atoms with Gasteiger partial charge in [-0.15, -0.1) is 0 Å². The number of benzene rings is 1. The highest BCUT2D eigenvalue weighted by molar-refractivity contribution is 6.32. The van der Waals surface area contributed by atoms with Gasteiger partial charge in [0.15, 0.2) is 0 Å². The molecule has 0 fully saturated rings. The molecule has 0 aliphatic carbocycles. The molecular weight excluding hydrogens is 255 g/mol. The van der Waals surface area contributed by atoms with E-state index in [-0.39, 0.29) is 0 Å². The Balaban J connectivity index is 3.09. The van der Waals surface area contributed by atoms with E-state index in [1.165, 1.54) is 0 Å². The van der Waals surface area contributed by atoms with Gasteiger partial charge in [0.1, 0.15) is 0 Å². The van der Waals surface area contributed by atoms with Crippen molar-refractivity contribution in [1.29, 1.82) is 0 Å². The fourth-order valence-electron chi connectivity index (χ4n) is 0.982. The topological polar surface area (TPSA) is 17.1 Å². The van der Waals surface area contributed by atoms with Gasteiger partial charge in [-0.1, -0.05) is 23.7 Å². The Bertz CT molecular complexity index is 395. The van der Waals surface area contributed by atoms with Crippen LogP contribution in [0, 0.1) is 0 Å². The van der Waals surface area contributed by atoms with Gasteiger partial charge in [0.2, 0.25) is 0 Å². The normalized spacial score (nSPS) is 15.6. The molecular formula is C9H4ClF5O. The van der Waals surface area contributed by atoms with E-state index in [2.05, 4.69) is 0 Å². The van der Waals surface area contributed by atoms with E-state index < -0.39 is 28.5 Å². The monoisotopic (exact) mass is 258 g/mol. The Kier molecular flexibility index (Phi) is 3.23. The molecule has 1 atom stereocenters. The van der Waals surface area contributed by atoms with Crippen LogP contribution in [0.5, 0.6) is 0 Å². The third-order valence-electron chi connectivity index (χ3n) is 1.82. The number of hydrogen-bond donors (Lipinski definition) is 0. The van der Waals surface area contributed by atoms with Crippen LogP contribution in [0.4, 0.5) is 22.0 Å². The van der Waals surface area contributed by atoms with Crippen molar-refractivity contribution >= 4 is 17.6 Å². The smallest absolute Gasteiger partial charge is 0.255 e. The van der Waals surface area contributed by atoms with E-state index in [9.17, 15) is 26.7 Å². The molecule has 0 N–H and O–H groups in total. The zero-order chi connectivity index (χ0) is 12.6. The summed E-state index contributed by atoms with van der Waals surface area (Å²) in [7, 11) is 0. The van der Waals surface area contributed by atoms with Crippen LogP contribution in [0.15, 0.2) is 24.3 Å². The van der Waals surface area contributed by atoms with E-state index in [1.54, 1.807) is 0 Å². The average Bonchev–Trinajstić information content (AvgIpc) is 2.16. The molecule has 0 amide bonds. The van der Waals surface area contributed by atoms with Crippen LogP contribution >= 0.6 is 11.6 Å². The Morgan fingerprint density at radius 3 is 1.69 bits per heavy atom. The van der Waals surface area contributed by atoms with Crippen molar-refractivity contribution in [3.8, 4) is 0 Å². The summed E-state index contributed by atoms with van der Waals surface area (Å²) in [6.45, 7) is 0. The zero-order valence-electron chi connectivity index (χ0n) is 7.49. The van der Waals surface area contributed by atoms with Crippen molar-refractivity contribution in [3.05, 3.63) is 35.4 Å². The summed E-state index contributed by atoms with van der Waals surface area (Å²) in [5.74, 6) is 0. The molecule has 0 heterocycles. The van der Waals surface area contributed by atoms with E-state index in [1.807, 2.05) is 0 Å². The highest BCUT2D eigenvalue weighted by Crippen LogP contribution is 2.35. The van der Waals surface area contributed by atoms with Crippen molar-refractivity contribution in [3.63, 3.8) is 0 Å². The molecule has 0 saturated heterocycles. The van der Waals surface area contributed by atoms with Gasteiger partial charge < -0.3 is 0 Å². The lowest BCUT2D eigenvalue weighted by molar-refractivity contribution is -0.137. The molecule has 0 radical (unpaired) electrons. The number of rotatable bonds is 2. The molecule has 1 aromatic carbocycles. The molecule has 16 heavy (non-hydrogen) atoms. The summed E-state index contributed by atoms with van der Waals surface area (Å²) in [5, 5.41) is -3.44. The molecule has 1 aromatic rings. The first-order chi connectivity index (χ1) is 7.15. The summed E-state index contributed by atoms with van der Waals surface area (Å²) < 4.78 is 61.6. The third kappa shape index (κ3) is 2.49. The second-order valence-electron chi connectivity index (χ2n) is 2.92. The maximum absolute atomic E-state index is 13.1. The fraction of sp³-hybridized carbons (Fsp3) is 0.222. The number of carbonyl (C=O) groups excluding carboxylic acids is 1. The maximum atomic E-state index is 13.1. The van der Waals surface area contributed by atoms with Gasteiger partial charge in [-0.25, -0.2) is 4.39 Å². The van der Waals surface area contributed by atoms with Crippen LogP contribution in [-0.4, -0.2) is 6.04 Å². The summed E-state index contributed by atoms with van der Waals surface area (Å²) >= 11 is 4.89. The number of carbonyl (C=O) groups is 1. The quantitative estimate of drug-likeness (QED) is 0.450. The lowest BCUT2D eigenvalue weighted by Crippen LogP contribution is -2.20. The predicted molar refractivity (Wildman–Crippen MR) is 46.2 cm³/mol. The minimum atomic E-state index is -4.59. The molecule has 7 heteroatoms. The van der Waals surface area contributed by atoms with Crippen LogP contribution in [-0.2, 0) is 16.1 Å². The van der Waals surface area contributed by atoms with Crippen molar-refractivity contribution in [2.24, 2.45) is 0 Å². The van der Waals surface area contributed by atoms with Crippen molar-refractivity contribution in [2.75, 3.05) is 0 Å². The molecule has 0 aliphatic rings. The largest absolute Gasteiger partial charge is 0.416 e. The molecule has 1 unspecified atom stereocenters. The Morgan fingerprint density at radius 1 is 1.00 bits per heavy atom. The zero-order valence-corrected chi connectivity index (χ0v) is 8.24. The summed E-state index contributed by atoms with van der Waals surface area (Å²) in [6.07, 6.45) is -4.59. The SMILES string of the molecule is O=C(F)C(F)(Cl)c1ccc(C(F)(F)F)cc1. The first-order valence-electron chi connectivity index (χ1n) is 3.91. The van der Waals surface area contributed by atoms with Crippen LogP contribution in [0.3, 0.4) is 0 Å².